The molecule has 1 unspecified atom stereocenters. The second kappa shape index (κ2) is 8.03. The fraction of sp³-hybridized carbons (Fsp3) is 0.444. The maximum Gasteiger partial charge on any atom is 0.0348 e. The average molecular weight is 272 g/mol. The monoisotopic (exact) mass is 272 g/mol. The van der Waals surface area contributed by atoms with E-state index in [1.807, 2.05) is 6.08 Å². The molecule has 110 valence electrons. The Morgan fingerprint density at radius 2 is 2.10 bits per heavy atom. The molecule has 0 saturated carbocycles. The largest absolute Gasteiger partial charge is 0.329 e. The van der Waals surface area contributed by atoms with Crippen molar-refractivity contribution in [1.82, 2.24) is 4.90 Å². The van der Waals surface area contributed by atoms with Gasteiger partial charge < -0.3 is 5.73 Å². The molecule has 0 saturated heterocycles. The highest BCUT2D eigenvalue weighted by Gasteiger charge is 2.19. The van der Waals surface area contributed by atoms with E-state index in [9.17, 15) is 0 Å². The molecular weight excluding hydrogens is 244 g/mol. The normalized spacial score (nSPS) is 12.4. The predicted octanol–water partition coefficient (Wildman–Crippen LogP) is 3.54. The van der Waals surface area contributed by atoms with Crippen molar-refractivity contribution in [2.75, 3.05) is 20.1 Å². The van der Waals surface area contributed by atoms with Gasteiger partial charge in [0.1, 0.15) is 0 Å². The number of hydrogen-bond acceptors (Lipinski definition) is 2. The van der Waals surface area contributed by atoms with Crippen LogP contribution in [0.25, 0.3) is 5.57 Å². The summed E-state index contributed by atoms with van der Waals surface area (Å²) in [7, 11) is 2.12. The van der Waals surface area contributed by atoms with Gasteiger partial charge in [-0.15, -0.1) is 6.58 Å². The molecule has 20 heavy (non-hydrogen) atoms. The van der Waals surface area contributed by atoms with Gasteiger partial charge in [-0.3, -0.25) is 4.90 Å². The summed E-state index contributed by atoms with van der Waals surface area (Å²) in [5.41, 5.74) is 10.7. The Labute approximate surface area is 124 Å². The topological polar surface area (TPSA) is 29.3 Å². The Hall–Kier alpha value is -1.38. The summed E-state index contributed by atoms with van der Waals surface area (Å²) < 4.78 is 0. The minimum Gasteiger partial charge on any atom is -0.329 e. The van der Waals surface area contributed by atoms with Crippen LogP contribution in [0, 0.1) is 13.8 Å². The first-order chi connectivity index (χ1) is 9.51. The maximum absolute atomic E-state index is 5.69. The van der Waals surface area contributed by atoms with E-state index in [1.54, 1.807) is 0 Å². The zero-order chi connectivity index (χ0) is 15.1. The standard InChI is InChI=1S/C18H28N2/c1-6-7-8-18(20(5)12-11-19)16(4)17-10-9-14(2)13-15(17)3/h6,9-10,13,18H,1,4,7-8,11-12,19H2,2-3,5H3. The Morgan fingerprint density at radius 3 is 2.65 bits per heavy atom. The molecule has 0 radical (unpaired) electrons. The van der Waals surface area contributed by atoms with Crippen molar-refractivity contribution in [3.05, 3.63) is 54.1 Å². The number of allylic oxidation sites excluding steroid dienone is 1. The molecule has 0 aliphatic heterocycles. The first kappa shape index (κ1) is 16.7. The molecular formula is C18H28N2. The highest BCUT2D eigenvalue weighted by atomic mass is 15.1. The van der Waals surface area contributed by atoms with Crippen LogP contribution in [0.4, 0.5) is 0 Å². The number of nitrogens with zero attached hydrogens (tertiary/aromatic N) is 1. The van der Waals surface area contributed by atoms with E-state index in [2.05, 4.69) is 57.2 Å². The van der Waals surface area contributed by atoms with E-state index in [1.165, 1.54) is 22.3 Å². The summed E-state index contributed by atoms with van der Waals surface area (Å²) >= 11 is 0. The first-order valence-corrected chi connectivity index (χ1v) is 7.28. The van der Waals surface area contributed by atoms with Gasteiger partial charge in [-0.1, -0.05) is 36.4 Å². The molecule has 0 fully saturated rings. The summed E-state index contributed by atoms with van der Waals surface area (Å²) in [5, 5.41) is 0. The summed E-state index contributed by atoms with van der Waals surface area (Å²) in [5.74, 6) is 0. The van der Waals surface area contributed by atoms with E-state index in [0.717, 1.165) is 19.4 Å². The van der Waals surface area contributed by atoms with Gasteiger partial charge in [0.15, 0.2) is 0 Å². The SMILES string of the molecule is C=CCCC(C(=C)c1ccc(C)cc1C)N(C)CCN. The molecule has 0 amide bonds. The van der Waals surface area contributed by atoms with Crippen molar-refractivity contribution in [3.8, 4) is 0 Å². The van der Waals surface area contributed by atoms with Gasteiger partial charge >= 0.3 is 0 Å². The second-order valence-electron chi connectivity index (χ2n) is 5.49. The van der Waals surface area contributed by atoms with E-state index in [4.69, 9.17) is 5.73 Å². The third-order valence-corrected chi connectivity index (χ3v) is 3.79. The van der Waals surface area contributed by atoms with E-state index in [0.29, 0.717) is 12.6 Å². The molecule has 2 heteroatoms. The fourth-order valence-corrected chi connectivity index (χ4v) is 2.65. The summed E-state index contributed by atoms with van der Waals surface area (Å²) in [6.07, 6.45) is 3.99. The van der Waals surface area contributed by atoms with Gasteiger partial charge in [-0.25, -0.2) is 0 Å². The van der Waals surface area contributed by atoms with Crippen molar-refractivity contribution >= 4 is 5.57 Å². The van der Waals surface area contributed by atoms with Crippen LogP contribution < -0.4 is 5.73 Å². The molecule has 2 nitrogen and oxygen atoms in total. The third-order valence-electron chi connectivity index (χ3n) is 3.79. The molecule has 0 aromatic heterocycles. The molecule has 0 aliphatic carbocycles. The molecule has 2 N–H and O–H groups in total. The van der Waals surface area contributed by atoms with Crippen molar-refractivity contribution < 1.29 is 0 Å². The molecule has 1 aromatic rings. The Bertz CT molecular complexity index is 462. The molecule has 0 heterocycles. The summed E-state index contributed by atoms with van der Waals surface area (Å²) in [6.45, 7) is 14.0. The number of rotatable bonds is 8. The predicted molar refractivity (Wildman–Crippen MR) is 89.9 cm³/mol. The number of likely N-dealkylation sites (N-methyl/N-ethyl adjacent to an activating group) is 1. The first-order valence-electron chi connectivity index (χ1n) is 7.28. The minimum absolute atomic E-state index is 0.318. The molecule has 0 bridgehead atoms. The molecule has 0 spiro atoms. The van der Waals surface area contributed by atoms with Crippen LogP contribution in [0.15, 0.2) is 37.4 Å². The smallest absolute Gasteiger partial charge is 0.0348 e. The van der Waals surface area contributed by atoms with Crippen LogP contribution >= 0.6 is 0 Å². The van der Waals surface area contributed by atoms with Gasteiger partial charge in [0.25, 0.3) is 0 Å². The number of aryl methyl sites for hydroxylation is 2. The van der Waals surface area contributed by atoms with Crippen molar-refractivity contribution in [3.63, 3.8) is 0 Å². The van der Waals surface area contributed by atoms with Crippen LogP contribution in [0.3, 0.4) is 0 Å². The van der Waals surface area contributed by atoms with E-state index in [-0.39, 0.29) is 0 Å². The highest BCUT2D eigenvalue weighted by molar-refractivity contribution is 5.70. The van der Waals surface area contributed by atoms with Gasteiger partial charge in [-0.05, 0) is 50.4 Å². The summed E-state index contributed by atoms with van der Waals surface area (Å²) in [4.78, 5) is 2.30. The Balaban J connectivity index is 2.99. The summed E-state index contributed by atoms with van der Waals surface area (Å²) in [6, 6.07) is 6.87. The lowest BCUT2D eigenvalue weighted by atomic mass is 9.91. The van der Waals surface area contributed by atoms with Gasteiger partial charge in [0.05, 0.1) is 0 Å². The molecule has 0 aliphatic rings. The zero-order valence-corrected chi connectivity index (χ0v) is 13.2. The second-order valence-corrected chi connectivity index (χ2v) is 5.49. The maximum atomic E-state index is 5.69. The van der Waals surface area contributed by atoms with Crippen LogP contribution in [-0.4, -0.2) is 31.1 Å². The van der Waals surface area contributed by atoms with Crippen LogP contribution in [0.1, 0.15) is 29.5 Å². The average Bonchev–Trinajstić information content (AvgIpc) is 2.39. The van der Waals surface area contributed by atoms with Crippen LogP contribution in [0.2, 0.25) is 0 Å². The fourth-order valence-electron chi connectivity index (χ4n) is 2.65. The highest BCUT2D eigenvalue weighted by Crippen LogP contribution is 2.26. The minimum atomic E-state index is 0.318. The van der Waals surface area contributed by atoms with Gasteiger partial charge in [-0.2, -0.15) is 0 Å². The molecule has 1 rings (SSSR count). The zero-order valence-electron chi connectivity index (χ0n) is 13.2. The Morgan fingerprint density at radius 1 is 1.40 bits per heavy atom. The number of hydrogen-bond donors (Lipinski definition) is 1. The Kier molecular flexibility index (Phi) is 6.69. The van der Waals surface area contributed by atoms with Crippen molar-refractivity contribution in [2.45, 2.75) is 32.7 Å². The van der Waals surface area contributed by atoms with E-state index < -0.39 is 0 Å². The van der Waals surface area contributed by atoms with Gasteiger partial charge in [0.2, 0.25) is 0 Å². The lowest BCUT2D eigenvalue weighted by Crippen LogP contribution is -2.36. The lowest BCUT2D eigenvalue weighted by molar-refractivity contribution is 0.286. The number of nitrogens with two attached hydrogens (primary N) is 1. The van der Waals surface area contributed by atoms with E-state index >= 15 is 0 Å². The van der Waals surface area contributed by atoms with Crippen molar-refractivity contribution in [2.24, 2.45) is 5.73 Å². The van der Waals surface area contributed by atoms with Crippen LogP contribution in [0.5, 0.6) is 0 Å². The quantitative estimate of drug-likeness (QED) is 0.733. The van der Waals surface area contributed by atoms with Crippen LogP contribution in [-0.2, 0) is 0 Å². The lowest BCUT2D eigenvalue weighted by Gasteiger charge is -2.30. The van der Waals surface area contributed by atoms with Crippen molar-refractivity contribution in [1.29, 1.82) is 0 Å². The third kappa shape index (κ3) is 4.32. The van der Waals surface area contributed by atoms with Gasteiger partial charge in [0, 0.05) is 19.1 Å². The molecule has 1 atom stereocenters. The molecule has 1 aromatic carbocycles. The number of benzene rings is 1.